The summed E-state index contributed by atoms with van der Waals surface area (Å²) in [6, 6.07) is 6.96. The van der Waals surface area contributed by atoms with E-state index in [2.05, 4.69) is 24.4 Å². The van der Waals surface area contributed by atoms with E-state index in [-0.39, 0.29) is 0 Å². The molecular weight excluding hydrogens is 174 g/mol. The highest BCUT2D eigenvalue weighted by Gasteiger charge is 2.16. The van der Waals surface area contributed by atoms with Crippen LogP contribution in [0.3, 0.4) is 0 Å². The highest BCUT2D eigenvalue weighted by atomic mass is 16.5. The van der Waals surface area contributed by atoms with Crippen molar-refractivity contribution in [1.29, 1.82) is 0 Å². The van der Waals surface area contributed by atoms with E-state index in [0.717, 1.165) is 5.75 Å². The van der Waals surface area contributed by atoms with Crippen LogP contribution in [0.5, 0.6) is 5.75 Å². The molecule has 0 saturated heterocycles. The predicted octanol–water partition coefficient (Wildman–Crippen LogP) is 2.97. The highest BCUT2D eigenvalue weighted by molar-refractivity contribution is 5.51. The normalized spacial score (nSPS) is 16.1. The minimum Gasteiger partial charge on any atom is -0.496 e. The first-order valence-electron chi connectivity index (χ1n) is 5.21. The van der Waals surface area contributed by atoms with Crippen molar-refractivity contribution in [1.82, 2.24) is 0 Å². The van der Waals surface area contributed by atoms with Gasteiger partial charge in [-0.15, -0.1) is 0 Å². The molecule has 0 spiro atoms. The molecule has 0 heterocycles. The zero-order valence-electron chi connectivity index (χ0n) is 8.84. The number of hydrogen-bond donors (Lipinski definition) is 1. The summed E-state index contributed by atoms with van der Waals surface area (Å²) in [6.45, 7) is 2.07. The summed E-state index contributed by atoms with van der Waals surface area (Å²) in [4.78, 5) is 0. The molecule has 1 aliphatic rings. The molecule has 1 aromatic rings. The molecule has 2 heteroatoms. The second-order valence-corrected chi connectivity index (χ2v) is 3.96. The van der Waals surface area contributed by atoms with Crippen LogP contribution in [-0.4, -0.2) is 13.2 Å². The summed E-state index contributed by atoms with van der Waals surface area (Å²) in [6.07, 6.45) is 3.99. The Labute approximate surface area is 85.3 Å². The maximum atomic E-state index is 5.22. The topological polar surface area (TPSA) is 21.3 Å². The molecule has 2 rings (SSSR count). The van der Waals surface area contributed by atoms with Crippen molar-refractivity contribution in [2.45, 2.75) is 32.2 Å². The molecule has 0 radical (unpaired) electrons. The number of methoxy groups -OCH3 is 1. The van der Waals surface area contributed by atoms with Gasteiger partial charge in [-0.25, -0.2) is 0 Å². The first kappa shape index (κ1) is 9.38. The summed E-state index contributed by atoms with van der Waals surface area (Å²) in [5.41, 5.74) is 2.41. The van der Waals surface area contributed by atoms with Crippen molar-refractivity contribution in [3.05, 3.63) is 23.8 Å². The summed E-state index contributed by atoms with van der Waals surface area (Å²) < 4.78 is 5.22. The van der Waals surface area contributed by atoms with Gasteiger partial charge in [-0.1, -0.05) is 0 Å². The molecule has 0 aromatic heterocycles. The first-order chi connectivity index (χ1) is 6.79. The molecule has 1 saturated carbocycles. The Hall–Kier alpha value is -1.18. The van der Waals surface area contributed by atoms with Crippen LogP contribution in [0.1, 0.15) is 24.8 Å². The third-order valence-corrected chi connectivity index (χ3v) is 2.87. The van der Waals surface area contributed by atoms with Crippen molar-refractivity contribution in [3.63, 3.8) is 0 Å². The van der Waals surface area contributed by atoms with Crippen molar-refractivity contribution >= 4 is 5.69 Å². The number of aryl methyl sites for hydroxylation is 1. The second kappa shape index (κ2) is 3.91. The first-order valence-corrected chi connectivity index (χ1v) is 5.21. The Morgan fingerprint density at radius 3 is 2.64 bits per heavy atom. The van der Waals surface area contributed by atoms with E-state index < -0.39 is 0 Å². The van der Waals surface area contributed by atoms with Gasteiger partial charge in [0.2, 0.25) is 0 Å². The van der Waals surface area contributed by atoms with Crippen LogP contribution in [0.4, 0.5) is 5.69 Å². The monoisotopic (exact) mass is 191 g/mol. The molecule has 0 aliphatic heterocycles. The summed E-state index contributed by atoms with van der Waals surface area (Å²) in [5, 5.41) is 3.51. The molecule has 0 unspecified atom stereocenters. The fraction of sp³-hybridized carbons (Fsp3) is 0.500. The lowest BCUT2D eigenvalue weighted by atomic mass is 9.93. The average molecular weight is 191 g/mol. The van der Waals surface area contributed by atoms with E-state index in [1.54, 1.807) is 7.11 Å². The van der Waals surface area contributed by atoms with Gasteiger partial charge in [-0.3, -0.25) is 0 Å². The molecular formula is C12H17NO. The average Bonchev–Trinajstić information content (AvgIpc) is 2.12. The number of hydrogen-bond acceptors (Lipinski definition) is 2. The van der Waals surface area contributed by atoms with Gasteiger partial charge in [-0.2, -0.15) is 0 Å². The van der Waals surface area contributed by atoms with Gasteiger partial charge in [-0.05, 0) is 49.9 Å². The van der Waals surface area contributed by atoms with Crippen LogP contribution in [-0.2, 0) is 0 Å². The molecule has 14 heavy (non-hydrogen) atoms. The highest BCUT2D eigenvalue weighted by Crippen LogP contribution is 2.26. The third kappa shape index (κ3) is 1.84. The van der Waals surface area contributed by atoms with Crippen molar-refractivity contribution in [2.24, 2.45) is 0 Å². The zero-order chi connectivity index (χ0) is 9.97. The minimum atomic E-state index is 0.697. The number of anilines is 1. The van der Waals surface area contributed by atoms with E-state index in [0.29, 0.717) is 6.04 Å². The van der Waals surface area contributed by atoms with Crippen LogP contribution < -0.4 is 10.1 Å². The van der Waals surface area contributed by atoms with Gasteiger partial charge in [0.25, 0.3) is 0 Å². The molecule has 0 amide bonds. The number of nitrogens with one attached hydrogen (secondary N) is 1. The maximum absolute atomic E-state index is 5.22. The summed E-state index contributed by atoms with van der Waals surface area (Å²) >= 11 is 0. The van der Waals surface area contributed by atoms with E-state index in [1.807, 2.05) is 6.07 Å². The molecule has 1 fully saturated rings. The molecule has 0 atom stereocenters. The Morgan fingerprint density at radius 1 is 1.36 bits per heavy atom. The van der Waals surface area contributed by atoms with Gasteiger partial charge in [0, 0.05) is 11.7 Å². The fourth-order valence-corrected chi connectivity index (χ4v) is 1.76. The molecule has 1 N–H and O–H groups in total. The zero-order valence-corrected chi connectivity index (χ0v) is 8.84. The molecule has 2 nitrogen and oxygen atoms in total. The standard InChI is InChI=1S/C12H17NO/c1-9-8-11(6-7-12(9)14-2)13-10-4-3-5-10/h6-8,10,13H,3-5H2,1-2H3. The van der Waals surface area contributed by atoms with Crippen LogP contribution in [0, 0.1) is 6.92 Å². The molecule has 0 bridgehead atoms. The van der Waals surface area contributed by atoms with Gasteiger partial charge >= 0.3 is 0 Å². The lowest BCUT2D eigenvalue weighted by Crippen LogP contribution is -2.26. The summed E-state index contributed by atoms with van der Waals surface area (Å²) in [5.74, 6) is 0.962. The van der Waals surface area contributed by atoms with Gasteiger partial charge < -0.3 is 10.1 Å². The van der Waals surface area contributed by atoms with Crippen molar-refractivity contribution in [3.8, 4) is 5.75 Å². The van der Waals surface area contributed by atoms with Gasteiger partial charge in [0.15, 0.2) is 0 Å². The van der Waals surface area contributed by atoms with Crippen LogP contribution >= 0.6 is 0 Å². The molecule has 1 aliphatic carbocycles. The summed E-state index contributed by atoms with van der Waals surface area (Å²) in [7, 11) is 1.71. The Bertz CT molecular complexity index is 318. The van der Waals surface area contributed by atoms with Gasteiger partial charge in [0.1, 0.15) is 5.75 Å². The van der Waals surface area contributed by atoms with Crippen LogP contribution in [0.15, 0.2) is 18.2 Å². The van der Waals surface area contributed by atoms with E-state index >= 15 is 0 Å². The smallest absolute Gasteiger partial charge is 0.121 e. The third-order valence-electron chi connectivity index (χ3n) is 2.87. The SMILES string of the molecule is COc1ccc(NC2CCC2)cc1C. The lowest BCUT2D eigenvalue weighted by molar-refractivity contribution is 0.411. The number of benzene rings is 1. The van der Waals surface area contributed by atoms with E-state index in [4.69, 9.17) is 4.74 Å². The number of ether oxygens (including phenoxy) is 1. The van der Waals surface area contributed by atoms with E-state index in [9.17, 15) is 0 Å². The van der Waals surface area contributed by atoms with Crippen LogP contribution in [0.2, 0.25) is 0 Å². The van der Waals surface area contributed by atoms with Crippen molar-refractivity contribution in [2.75, 3.05) is 12.4 Å². The Morgan fingerprint density at radius 2 is 2.14 bits per heavy atom. The van der Waals surface area contributed by atoms with Gasteiger partial charge in [0.05, 0.1) is 7.11 Å². The Kier molecular flexibility index (Phi) is 2.62. The lowest BCUT2D eigenvalue weighted by Gasteiger charge is -2.27. The predicted molar refractivity (Wildman–Crippen MR) is 59.0 cm³/mol. The minimum absolute atomic E-state index is 0.697. The largest absolute Gasteiger partial charge is 0.496 e. The van der Waals surface area contributed by atoms with E-state index in [1.165, 1.54) is 30.5 Å². The van der Waals surface area contributed by atoms with Crippen LogP contribution in [0.25, 0.3) is 0 Å². The molecule has 76 valence electrons. The molecule has 1 aromatic carbocycles. The van der Waals surface area contributed by atoms with Crippen molar-refractivity contribution < 1.29 is 4.74 Å². The maximum Gasteiger partial charge on any atom is 0.121 e. The second-order valence-electron chi connectivity index (χ2n) is 3.96. The quantitative estimate of drug-likeness (QED) is 0.793. The number of rotatable bonds is 3. The Balaban J connectivity index is 2.07. The fourth-order valence-electron chi connectivity index (χ4n) is 1.76.